The number of carbonyl (C=O) groups is 1. The minimum Gasteiger partial charge on any atom is -0.370 e. The first kappa shape index (κ1) is 12.2. The maximum absolute atomic E-state index is 10.8. The van der Waals surface area contributed by atoms with Gasteiger partial charge < -0.3 is 11.1 Å². The lowest BCUT2D eigenvalue weighted by Crippen LogP contribution is -2.44. The summed E-state index contributed by atoms with van der Waals surface area (Å²) >= 11 is 0. The first-order valence-electron chi connectivity index (χ1n) is 5.68. The SMILES string of the molecule is CC(C)(CC(N)=O)NCC1CC=CCC1. The molecule has 0 radical (unpaired) electrons. The van der Waals surface area contributed by atoms with Crippen LogP contribution in [0.4, 0.5) is 0 Å². The fourth-order valence-electron chi connectivity index (χ4n) is 1.96. The van der Waals surface area contributed by atoms with Gasteiger partial charge in [-0.2, -0.15) is 0 Å². The quantitative estimate of drug-likeness (QED) is 0.677. The van der Waals surface area contributed by atoms with E-state index in [9.17, 15) is 4.79 Å². The number of hydrogen-bond donors (Lipinski definition) is 2. The zero-order valence-electron chi connectivity index (χ0n) is 9.75. The number of amides is 1. The monoisotopic (exact) mass is 210 g/mol. The van der Waals surface area contributed by atoms with Crippen LogP contribution in [-0.4, -0.2) is 18.0 Å². The molecule has 0 bridgehead atoms. The molecule has 0 saturated carbocycles. The molecule has 0 aromatic rings. The molecule has 1 amide bonds. The predicted octanol–water partition coefficient (Wildman–Crippen LogP) is 1.59. The van der Waals surface area contributed by atoms with Gasteiger partial charge in [-0.05, 0) is 45.6 Å². The highest BCUT2D eigenvalue weighted by molar-refractivity contribution is 5.74. The third-order valence-corrected chi connectivity index (χ3v) is 2.86. The number of primary amides is 1. The lowest BCUT2D eigenvalue weighted by atomic mass is 9.92. The van der Waals surface area contributed by atoms with Crippen molar-refractivity contribution >= 4 is 5.91 Å². The number of nitrogens with one attached hydrogen (secondary N) is 1. The Morgan fingerprint density at radius 2 is 2.27 bits per heavy atom. The van der Waals surface area contributed by atoms with Gasteiger partial charge in [0.05, 0.1) is 0 Å². The molecule has 3 N–H and O–H groups in total. The molecular weight excluding hydrogens is 188 g/mol. The Balaban J connectivity index is 2.28. The van der Waals surface area contributed by atoms with E-state index >= 15 is 0 Å². The molecule has 0 saturated heterocycles. The number of hydrogen-bond acceptors (Lipinski definition) is 2. The van der Waals surface area contributed by atoms with Crippen LogP contribution in [0.5, 0.6) is 0 Å². The zero-order valence-corrected chi connectivity index (χ0v) is 9.75. The molecule has 3 heteroatoms. The van der Waals surface area contributed by atoms with Crippen LogP contribution in [0.1, 0.15) is 39.5 Å². The van der Waals surface area contributed by atoms with Crippen LogP contribution in [0.2, 0.25) is 0 Å². The van der Waals surface area contributed by atoms with Crippen molar-refractivity contribution in [2.45, 2.75) is 45.1 Å². The fraction of sp³-hybridized carbons (Fsp3) is 0.750. The third-order valence-electron chi connectivity index (χ3n) is 2.86. The van der Waals surface area contributed by atoms with Gasteiger partial charge in [-0.25, -0.2) is 0 Å². The van der Waals surface area contributed by atoms with Crippen molar-refractivity contribution in [2.24, 2.45) is 11.7 Å². The van der Waals surface area contributed by atoms with Crippen molar-refractivity contribution in [2.75, 3.05) is 6.54 Å². The van der Waals surface area contributed by atoms with Crippen molar-refractivity contribution in [3.05, 3.63) is 12.2 Å². The van der Waals surface area contributed by atoms with Gasteiger partial charge in [-0.3, -0.25) is 4.79 Å². The van der Waals surface area contributed by atoms with Crippen LogP contribution in [0.15, 0.2) is 12.2 Å². The summed E-state index contributed by atoms with van der Waals surface area (Å²) in [7, 11) is 0. The summed E-state index contributed by atoms with van der Waals surface area (Å²) < 4.78 is 0. The second-order valence-corrected chi connectivity index (χ2v) is 5.06. The highest BCUT2D eigenvalue weighted by Gasteiger charge is 2.21. The van der Waals surface area contributed by atoms with Crippen LogP contribution in [-0.2, 0) is 4.79 Å². The minimum absolute atomic E-state index is 0.174. The maximum atomic E-state index is 10.8. The molecule has 1 aliphatic rings. The lowest BCUT2D eigenvalue weighted by molar-refractivity contribution is -0.119. The average molecular weight is 210 g/mol. The standard InChI is InChI=1S/C12H22N2O/c1-12(2,8-11(13)15)14-9-10-6-4-3-5-7-10/h3-4,10,14H,5-9H2,1-2H3,(H2,13,15). The van der Waals surface area contributed by atoms with Gasteiger partial charge in [0, 0.05) is 12.0 Å². The van der Waals surface area contributed by atoms with Crippen molar-refractivity contribution in [1.82, 2.24) is 5.32 Å². The molecule has 0 aromatic heterocycles. The van der Waals surface area contributed by atoms with Crippen LogP contribution in [0.3, 0.4) is 0 Å². The Morgan fingerprint density at radius 1 is 1.53 bits per heavy atom. The Hall–Kier alpha value is -0.830. The lowest BCUT2D eigenvalue weighted by Gasteiger charge is -2.28. The summed E-state index contributed by atoms with van der Waals surface area (Å²) in [6, 6.07) is 0. The second-order valence-electron chi connectivity index (χ2n) is 5.06. The van der Waals surface area contributed by atoms with E-state index in [4.69, 9.17) is 5.73 Å². The molecule has 1 aliphatic carbocycles. The van der Waals surface area contributed by atoms with E-state index in [2.05, 4.69) is 17.5 Å². The van der Waals surface area contributed by atoms with E-state index in [1.54, 1.807) is 0 Å². The average Bonchev–Trinajstić information content (AvgIpc) is 2.15. The van der Waals surface area contributed by atoms with Gasteiger partial charge in [0.2, 0.25) is 5.91 Å². The molecule has 86 valence electrons. The van der Waals surface area contributed by atoms with E-state index in [0.29, 0.717) is 12.3 Å². The number of rotatable bonds is 5. The van der Waals surface area contributed by atoms with Gasteiger partial charge in [-0.15, -0.1) is 0 Å². The van der Waals surface area contributed by atoms with E-state index in [-0.39, 0.29) is 11.4 Å². The van der Waals surface area contributed by atoms with Gasteiger partial charge in [-0.1, -0.05) is 12.2 Å². The zero-order chi connectivity index (χ0) is 11.3. The molecule has 1 unspecified atom stereocenters. The molecule has 0 heterocycles. The molecule has 15 heavy (non-hydrogen) atoms. The van der Waals surface area contributed by atoms with Gasteiger partial charge in [0.1, 0.15) is 0 Å². The van der Waals surface area contributed by atoms with E-state index < -0.39 is 0 Å². The summed E-state index contributed by atoms with van der Waals surface area (Å²) in [4.78, 5) is 10.8. The number of carbonyl (C=O) groups excluding carboxylic acids is 1. The Labute approximate surface area is 92.1 Å². The molecule has 0 spiro atoms. The Bertz CT molecular complexity index is 246. The Kier molecular flexibility index (Phi) is 4.33. The normalized spacial score (nSPS) is 21.6. The summed E-state index contributed by atoms with van der Waals surface area (Å²) in [6.45, 7) is 5.03. The molecule has 0 aromatic carbocycles. The smallest absolute Gasteiger partial charge is 0.219 e. The van der Waals surface area contributed by atoms with E-state index in [1.807, 2.05) is 13.8 Å². The van der Waals surface area contributed by atoms with Crippen molar-refractivity contribution < 1.29 is 4.79 Å². The highest BCUT2D eigenvalue weighted by atomic mass is 16.1. The van der Waals surface area contributed by atoms with Crippen LogP contribution >= 0.6 is 0 Å². The minimum atomic E-state index is -0.240. The molecular formula is C12H22N2O. The molecule has 0 aliphatic heterocycles. The van der Waals surface area contributed by atoms with Gasteiger partial charge in [0.25, 0.3) is 0 Å². The van der Waals surface area contributed by atoms with E-state index in [1.165, 1.54) is 12.8 Å². The van der Waals surface area contributed by atoms with Gasteiger partial charge in [0.15, 0.2) is 0 Å². The van der Waals surface area contributed by atoms with E-state index in [0.717, 1.165) is 13.0 Å². The Morgan fingerprint density at radius 3 is 2.80 bits per heavy atom. The topological polar surface area (TPSA) is 55.1 Å². The van der Waals surface area contributed by atoms with Crippen LogP contribution in [0, 0.1) is 5.92 Å². The first-order valence-corrected chi connectivity index (χ1v) is 5.68. The summed E-state index contributed by atoms with van der Waals surface area (Å²) in [6.07, 6.45) is 8.47. The second kappa shape index (κ2) is 5.31. The highest BCUT2D eigenvalue weighted by Crippen LogP contribution is 2.18. The number of allylic oxidation sites excluding steroid dienone is 2. The van der Waals surface area contributed by atoms with Gasteiger partial charge >= 0.3 is 0 Å². The largest absolute Gasteiger partial charge is 0.370 e. The molecule has 1 rings (SSSR count). The van der Waals surface area contributed by atoms with Crippen LogP contribution < -0.4 is 11.1 Å². The van der Waals surface area contributed by atoms with Crippen molar-refractivity contribution in [1.29, 1.82) is 0 Å². The predicted molar refractivity (Wildman–Crippen MR) is 62.4 cm³/mol. The number of nitrogens with two attached hydrogens (primary N) is 1. The molecule has 0 fully saturated rings. The molecule has 1 atom stereocenters. The summed E-state index contributed by atoms with van der Waals surface area (Å²) in [5.41, 5.74) is 5.02. The van der Waals surface area contributed by atoms with Crippen LogP contribution in [0.25, 0.3) is 0 Å². The summed E-state index contributed by atoms with van der Waals surface area (Å²) in [5.74, 6) is 0.471. The maximum Gasteiger partial charge on any atom is 0.219 e. The molecule has 3 nitrogen and oxygen atoms in total. The van der Waals surface area contributed by atoms with Crippen molar-refractivity contribution in [3.63, 3.8) is 0 Å². The summed E-state index contributed by atoms with van der Waals surface area (Å²) in [5, 5.41) is 3.43. The first-order chi connectivity index (χ1) is 6.99. The third kappa shape index (κ3) is 4.98. The van der Waals surface area contributed by atoms with Crippen molar-refractivity contribution in [3.8, 4) is 0 Å². The fourth-order valence-corrected chi connectivity index (χ4v) is 1.96.